The molecule has 0 spiro atoms. The summed E-state index contributed by atoms with van der Waals surface area (Å²) in [5.41, 5.74) is -0.0982. The van der Waals surface area contributed by atoms with Crippen molar-refractivity contribution in [3.8, 4) is 5.75 Å². The van der Waals surface area contributed by atoms with Gasteiger partial charge in [0, 0.05) is 20.7 Å². The predicted octanol–water partition coefficient (Wildman–Crippen LogP) is 6.08. The molecule has 184 valence electrons. The van der Waals surface area contributed by atoms with Crippen LogP contribution in [0.4, 0.5) is 10.5 Å². The minimum atomic E-state index is -1.80. The van der Waals surface area contributed by atoms with Gasteiger partial charge in [-0.3, -0.25) is 5.32 Å². The van der Waals surface area contributed by atoms with Crippen LogP contribution in [0.25, 0.3) is 0 Å². The van der Waals surface area contributed by atoms with Gasteiger partial charge in [0.15, 0.2) is 5.54 Å². The van der Waals surface area contributed by atoms with Gasteiger partial charge in [-0.25, -0.2) is 9.59 Å². The van der Waals surface area contributed by atoms with Crippen molar-refractivity contribution in [3.05, 3.63) is 93.4 Å². The fourth-order valence-corrected chi connectivity index (χ4v) is 4.34. The second-order valence-corrected chi connectivity index (χ2v) is 8.81. The van der Waals surface area contributed by atoms with E-state index < -0.39 is 23.6 Å². The molecule has 0 aliphatic rings. The van der Waals surface area contributed by atoms with Gasteiger partial charge in [-0.05, 0) is 55.0 Å². The maximum atomic E-state index is 13.7. The highest BCUT2D eigenvalue weighted by molar-refractivity contribution is 9.10. The summed E-state index contributed by atoms with van der Waals surface area (Å²) in [4.78, 5) is 26.5. The summed E-state index contributed by atoms with van der Waals surface area (Å²) in [6.45, 7) is 1.79. The SMILES string of the molecule is CCOC(=O)N[C@@](C(=O)OC)(c1ccccc1Cl)[C@H](Nc1ccc(OC)cc1)c1ccc(Br)cc1. The number of ether oxygens (including phenoxy) is 3. The van der Waals surface area contributed by atoms with Crippen LogP contribution in [0.2, 0.25) is 5.02 Å². The molecule has 3 rings (SSSR count). The second kappa shape index (κ2) is 12.0. The number of esters is 1. The van der Waals surface area contributed by atoms with E-state index in [0.29, 0.717) is 22.6 Å². The number of hydrogen-bond donors (Lipinski definition) is 2. The van der Waals surface area contributed by atoms with Gasteiger partial charge in [0.25, 0.3) is 0 Å². The van der Waals surface area contributed by atoms with E-state index in [1.165, 1.54) is 7.11 Å². The Morgan fingerprint density at radius 3 is 2.23 bits per heavy atom. The molecule has 2 N–H and O–H groups in total. The molecule has 2 atom stereocenters. The Morgan fingerprint density at radius 1 is 1.00 bits per heavy atom. The van der Waals surface area contributed by atoms with E-state index in [9.17, 15) is 9.59 Å². The molecular formula is C26H26BrClN2O5. The molecule has 0 unspecified atom stereocenters. The standard InChI is InChI=1S/C26H26BrClN2O5/c1-4-35-25(32)30-26(24(31)34-3,21-7-5-6-8-22(21)28)23(17-9-11-18(27)12-10-17)29-19-13-15-20(33-2)16-14-19/h5-16,23,29H,4H2,1-3H3,(H,30,32)/t23-,26+/m1/s1. The van der Waals surface area contributed by atoms with Gasteiger partial charge < -0.3 is 19.5 Å². The molecular weight excluding hydrogens is 536 g/mol. The maximum absolute atomic E-state index is 13.7. The third-order valence-corrected chi connectivity index (χ3v) is 6.28. The maximum Gasteiger partial charge on any atom is 0.408 e. The van der Waals surface area contributed by atoms with E-state index in [4.69, 9.17) is 25.8 Å². The molecule has 0 aliphatic carbocycles. The fourth-order valence-electron chi connectivity index (χ4n) is 3.79. The second-order valence-electron chi connectivity index (χ2n) is 7.48. The number of halogens is 2. The van der Waals surface area contributed by atoms with Crippen molar-refractivity contribution in [2.75, 3.05) is 26.1 Å². The van der Waals surface area contributed by atoms with E-state index in [2.05, 4.69) is 26.6 Å². The van der Waals surface area contributed by atoms with Crippen molar-refractivity contribution in [2.45, 2.75) is 18.5 Å². The highest BCUT2D eigenvalue weighted by Gasteiger charge is 2.52. The Labute approximate surface area is 217 Å². The van der Waals surface area contributed by atoms with Gasteiger partial charge in [-0.2, -0.15) is 0 Å². The van der Waals surface area contributed by atoms with Crippen LogP contribution in [-0.4, -0.2) is 32.9 Å². The molecule has 0 aromatic heterocycles. The van der Waals surface area contributed by atoms with Crippen LogP contribution in [-0.2, 0) is 19.8 Å². The first kappa shape index (κ1) is 26.4. The first-order valence-corrected chi connectivity index (χ1v) is 12.0. The van der Waals surface area contributed by atoms with Crippen LogP contribution >= 0.6 is 27.5 Å². The van der Waals surface area contributed by atoms with Crippen molar-refractivity contribution < 1.29 is 23.8 Å². The molecule has 35 heavy (non-hydrogen) atoms. The van der Waals surface area contributed by atoms with Crippen LogP contribution in [0.1, 0.15) is 24.1 Å². The summed E-state index contributed by atoms with van der Waals surface area (Å²) < 4.78 is 16.6. The lowest BCUT2D eigenvalue weighted by Crippen LogP contribution is -2.58. The number of rotatable bonds is 9. The molecule has 1 amide bonds. The molecule has 0 saturated heterocycles. The first-order valence-electron chi connectivity index (χ1n) is 10.8. The van der Waals surface area contributed by atoms with Crippen molar-refractivity contribution in [1.29, 1.82) is 0 Å². The van der Waals surface area contributed by atoms with Gasteiger partial charge in [0.05, 0.1) is 26.9 Å². The molecule has 0 saturated carbocycles. The van der Waals surface area contributed by atoms with E-state index in [1.54, 1.807) is 50.4 Å². The van der Waals surface area contributed by atoms with Crippen LogP contribution in [0.15, 0.2) is 77.3 Å². The summed E-state index contributed by atoms with van der Waals surface area (Å²) in [7, 11) is 2.84. The lowest BCUT2D eigenvalue weighted by atomic mass is 9.78. The monoisotopic (exact) mass is 560 g/mol. The van der Waals surface area contributed by atoms with Crippen LogP contribution in [0.5, 0.6) is 5.75 Å². The van der Waals surface area contributed by atoms with Gasteiger partial charge in [-0.15, -0.1) is 0 Å². The largest absolute Gasteiger partial charge is 0.497 e. The summed E-state index contributed by atoms with van der Waals surface area (Å²) in [5, 5.41) is 6.44. The third-order valence-electron chi connectivity index (χ3n) is 5.42. The lowest BCUT2D eigenvalue weighted by molar-refractivity contribution is -0.149. The van der Waals surface area contributed by atoms with Crippen LogP contribution in [0.3, 0.4) is 0 Å². The van der Waals surface area contributed by atoms with E-state index in [1.807, 2.05) is 36.4 Å². The number of nitrogens with one attached hydrogen (secondary N) is 2. The Balaban J connectivity index is 2.29. The normalized spacial score (nSPS) is 13.2. The summed E-state index contributed by atoms with van der Waals surface area (Å²) >= 11 is 10.1. The first-order chi connectivity index (χ1) is 16.8. The molecule has 0 aliphatic heterocycles. The topological polar surface area (TPSA) is 85.9 Å². The van der Waals surface area contributed by atoms with Crippen molar-refractivity contribution in [3.63, 3.8) is 0 Å². The number of amides is 1. The molecule has 0 heterocycles. The number of benzene rings is 3. The van der Waals surface area contributed by atoms with E-state index in [-0.39, 0.29) is 11.6 Å². The minimum absolute atomic E-state index is 0.112. The van der Waals surface area contributed by atoms with Gasteiger partial charge in [0.2, 0.25) is 0 Å². The molecule has 0 fully saturated rings. The average Bonchev–Trinajstić information content (AvgIpc) is 2.87. The summed E-state index contributed by atoms with van der Waals surface area (Å²) in [6.07, 6.45) is -0.795. The average molecular weight is 562 g/mol. The summed E-state index contributed by atoms with van der Waals surface area (Å²) in [5.74, 6) is -0.0571. The number of carbonyl (C=O) groups is 2. The lowest BCUT2D eigenvalue weighted by Gasteiger charge is -2.40. The Kier molecular flexibility index (Phi) is 9.01. The Hall–Kier alpha value is -3.23. The smallest absolute Gasteiger partial charge is 0.408 e. The zero-order valence-electron chi connectivity index (χ0n) is 19.5. The zero-order valence-corrected chi connectivity index (χ0v) is 21.9. The summed E-state index contributed by atoms with van der Waals surface area (Å²) in [6, 6.07) is 20.5. The number of alkyl carbamates (subject to hydrolysis) is 1. The molecule has 9 heteroatoms. The van der Waals surface area contributed by atoms with Crippen LogP contribution < -0.4 is 15.4 Å². The van der Waals surface area contributed by atoms with Crippen LogP contribution in [0, 0.1) is 0 Å². The highest BCUT2D eigenvalue weighted by atomic mass is 79.9. The quantitative estimate of drug-likeness (QED) is 0.308. The van der Waals surface area contributed by atoms with Gasteiger partial charge in [0.1, 0.15) is 5.75 Å². The van der Waals surface area contributed by atoms with Gasteiger partial charge in [-0.1, -0.05) is 57.9 Å². The molecule has 0 radical (unpaired) electrons. The number of hydrogen-bond acceptors (Lipinski definition) is 6. The van der Waals surface area contributed by atoms with Gasteiger partial charge >= 0.3 is 12.1 Å². The molecule has 3 aromatic rings. The third kappa shape index (κ3) is 5.89. The Bertz CT molecular complexity index is 1160. The number of anilines is 1. The molecule has 3 aromatic carbocycles. The minimum Gasteiger partial charge on any atom is -0.497 e. The van der Waals surface area contributed by atoms with Crippen molar-refractivity contribution >= 4 is 45.3 Å². The molecule has 0 bridgehead atoms. The number of methoxy groups -OCH3 is 2. The van der Waals surface area contributed by atoms with E-state index >= 15 is 0 Å². The Morgan fingerprint density at radius 2 is 1.66 bits per heavy atom. The van der Waals surface area contributed by atoms with E-state index in [0.717, 1.165) is 4.47 Å². The zero-order chi connectivity index (χ0) is 25.4. The highest BCUT2D eigenvalue weighted by Crippen LogP contribution is 2.42. The fraction of sp³-hybridized carbons (Fsp3) is 0.231. The van der Waals surface area contributed by atoms with Crippen molar-refractivity contribution in [2.24, 2.45) is 0 Å². The molecule has 7 nitrogen and oxygen atoms in total. The number of carbonyl (C=O) groups excluding carboxylic acids is 2. The van der Waals surface area contributed by atoms with Crippen molar-refractivity contribution in [1.82, 2.24) is 5.32 Å². The predicted molar refractivity (Wildman–Crippen MR) is 139 cm³/mol.